The average Bonchev–Trinajstić information content (AvgIpc) is 2.27. The molecule has 0 atom stereocenters. The summed E-state index contributed by atoms with van der Waals surface area (Å²) in [6.45, 7) is -0.201. The van der Waals surface area contributed by atoms with Gasteiger partial charge in [-0.2, -0.15) is 0 Å². The fourth-order valence-corrected chi connectivity index (χ4v) is 0.921. The molecular weight excluding hydrogens is 244 g/mol. The Balaban J connectivity index is 3.81. The lowest BCUT2D eigenvalue weighted by Crippen LogP contribution is -2.25. The summed E-state index contributed by atoms with van der Waals surface area (Å²) in [5.41, 5.74) is 0. The summed E-state index contributed by atoms with van der Waals surface area (Å²) in [5.74, 6) is -3.15. The Morgan fingerprint density at radius 1 is 0.722 bits per heavy atom. The summed E-state index contributed by atoms with van der Waals surface area (Å²) in [4.78, 5) is 43.9. The molecule has 0 aromatic heterocycles. The van der Waals surface area contributed by atoms with E-state index in [0.717, 1.165) is 0 Å². The highest BCUT2D eigenvalue weighted by molar-refractivity contribution is 5.90. The van der Waals surface area contributed by atoms with E-state index in [2.05, 4.69) is 20.1 Å². The molecule has 0 aromatic rings. The second kappa shape index (κ2) is 9.25. The highest BCUT2D eigenvalue weighted by atomic mass is 16.6. The zero-order chi connectivity index (χ0) is 14.0. The third-order valence-corrected chi connectivity index (χ3v) is 1.63. The molecule has 102 valence electrons. The summed E-state index contributed by atoms with van der Waals surface area (Å²) < 4.78 is 8.70. The molecule has 0 spiro atoms. The SMILES string of the molecule is CNCC(=O)OC(=O)CCC(=O)OC(=O)CNC. The van der Waals surface area contributed by atoms with E-state index in [0.29, 0.717) is 0 Å². The van der Waals surface area contributed by atoms with Crippen molar-refractivity contribution in [3.63, 3.8) is 0 Å². The zero-order valence-corrected chi connectivity index (χ0v) is 10.3. The lowest BCUT2D eigenvalue weighted by Gasteiger charge is -2.03. The van der Waals surface area contributed by atoms with Gasteiger partial charge in [0, 0.05) is 0 Å². The third kappa shape index (κ3) is 8.36. The largest absolute Gasteiger partial charge is 0.392 e. The van der Waals surface area contributed by atoms with Crippen LogP contribution in [0, 0.1) is 0 Å². The molecule has 2 N–H and O–H groups in total. The first kappa shape index (κ1) is 16.2. The second-order valence-corrected chi connectivity index (χ2v) is 3.25. The molecule has 0 saturated heterocycles. The van der Waals surface area contributed by atoms with Crippen molar-refractivity contribution < 1.29 is 28.7 Å². The predicted molar refractivity (Wildman–Crippen MR) is 59.3 cm³/mol. The van der Waals surface area contributed by atoms with Crippen LogP contribution in [0.3, 0.4) is 0 Å². The van der Waals surface area contributed by atoms with E-state index in [1.807, 2.05) is 0 Å². The van der Waals surface area contributed by atoms with Crippen LogP contribution in [0.15, 0.2) is 0 Å². The minimum atomic E-state index is -0.840. The normalized spacial score (nSPS) is 9.67. The first-order valence-corrected chi connectivity index (χ1v) is 5.25. The van der Waals surface area contributed by atoms with E-state index >= 15 is 0 Å². The molecule has 0 aliphatic carbocycles. The van der Waals surface area contributed by atoms with Crippen LogP contribution < -0.4 is 10.6 Å². The van der Waals surface area contributed by atoms with Crippen LogP contribution in [0.25, 0.3) is 0 Å². The van der Waals surface area contributed by atoms with Gasteiger partial charge in [0.25, 0.3) is 0 Å². The van der Waals surface area contributed by atoms with Crippen molar-refractivity contribution in [2.75, 3.05) is 27.2 Å². The average molecular weight is 260 g/mol. The number of esters is 4. The number of nitrogens with one attached hydrogen (secondary N) is 2. The second-order valence-electron chi connectivity index (χ2n) is 3.25. The van der Waals surface area contributed by atoms with Gasteiger partial charge in [0.2, 0.25) is 0 Å². The number of hydrogen-bond donors (Lipinski definition) is 2. The Bertz CT molecular complexity index is 296. The van der Waals surface area contributed by atoms with Crippen molar-refractivity contribution in [3.05, 3.63) is 0 Å². The van der Waals surface area contributed by atoms with Crippen LogP contribution >= 0.6 is 0 Å². The Morgan fingerprint density at radius 3 is 1.33 bits per heavy atom. The standard InChI is InChI=1S/C10H16N2O6/c1-11-5-9(15)17-7(13)3-4-8(14)18-10(16)6-12-2/h11-12H,3-6H2,1-2H3. The maximum absolute atomic E-state index is 11.1. The Labute approximate surface area is 104 Å². The van der Waals surface area contributed by atoms with Crippen molar-refractivity contribution in [2.24, 2.45) is 0 Å². The topological polar surface area (TPSA) is 111 Å². The molecule has 0 bridgehead atoms. The van der Waals surface area contributed by atoms with E-state index < -0.39 is 23.9 Å². The fourth-order valence-electron chi connectivity index (χ4n) is 0.921. The molecule has 0 aliphatic rings. The van der Waals surface area contributed by atoms with Gasteiger partial charge in [-0.15, -0.1) is 0 Å². The van der Waals surface area contributed by atoms with Gasteiger partial charge in [-0.3, -0.25) is 19.2 Å². The van der Waals surface area contributed by atoms with Gasteiger partial charge in [-0.25, -0.2) is 0 Å². The number of ether oxygens (including phenoxy) is 2. The Morgan fingerprint density at radius 2 is 1.06 bits per heavy atom. The molecular formula is C10H16N2O6. The van der Waals surface area contributed by atoms with E-state index in [9.17, 15) is 19.2 Å². The summed E-state index contributed by atoms with van der Waals surface area (Å²) in [5, 5.41) is 5.02. The smallest absolute Gasteiger partial charge is 0.327 e. The molecule has 8 nitrogen and oxygen atoms in total. The molecule has 0 radical (unpaired) electrons. The summed E-state index contributed by atoms with van der Waals surface area (Å²) in [7, 11) is 3.05. The Hall–Kier alpha value is -1.80. The Kier molecular flexibility index (Phi) is 8.33. The van der Waals surface area contributed by atoms with Crippen LogP contribution in [-0.4, -0.2) is 51.1 Å². The summed E-state index contributed by atoms with van der Waals surface area (Å²) >= 11 is 0. The maximum Gasteiger partial charge on any atom is 0.327 e. The number of rotatable bonds is 7. The van der Waals surface area contributed by atoms with Gasteiger partial charge >= 0.3 is 23.9 Å². The van der Waals surface area contributed by atoms with Crippen molar-refractivity contribution >= 4 is 23.9 Å². The molecule has 0 fully saturated rings. The fraction of sp³-hybridized carbons (Fsp3) is 0.600. The molecule has 0 aromatic carbocycles. The third-order valence-electron chi connectivity index (χ3n) is 1.63. The van der Waals surface area contributed by atoms with Gasteiger partial charge in [-0.05, 0) is 14.1 Å². The van der Waals surface area contributed by atoms with Gasteiger partial charge in [0.1, 0.15) is 0 Å². The molecule has 0 unspecified atom stereocenters. The van der Waals surface area contributed by atoms with Crippen LogP contribution in [0.1, 0.15) is 12.8 Å². The first-order chi connectivity index (χ1) is 8.49. The van der Waals surface area contributed by atoms with Gasteiger partial charge in [-0.1, -0.05) is 0 Å². The molecule has 0 amide bonds. The number of likely N-dealkylation sites (N-methyl/N-ethyl adjacent to an activating group) is 2. The highest BCUT2D eigenvalue weighted by Crippen LogP contribution is 1.96. The predicted octanol–water partition coefficient (Wildman–Crippen LogP) is -1.65. The number of hydrogen-bond acceptors (Lipinski definition) is 8. The van der Waals surface area contributed by atoms with E-state index in [4.69, 9.17) is 0 Å². The number of carbonyl (C=O) groups is 4. The van der Waals surface area contributed by atoms with E-state index in [-0.39, 0.29) is 25.9 Å². The molecule has 0 saturated carbocycles. The van der Waals surface area contributed by atoms with Gasteiger partial charge < -0.3 is 20.1 Å². The van der Waals surface area contributed by atoms with Crippen molar-refractivity contribution in [3.8, 4) is 0 Å². The molecule has 18 heavy (non-hydrogen) atoms. The molecule has 0 aliphatic heterocycles. The van der Waals surface area contributed by atoms with Gasteiger partial charge in [0.15, 0.2) is 0 Å². The minimum absolute atomic E-state index is 0.100. The molecule has 0 heterocycles. The van der Waals surface area contributed by atoms with Crippen molar-refractivity contribution in [2.45, 2.75) is 12.8 Å². The van der Waals surface area contributed by atoms with Crippen LogP contribution in [0.5, 0.6) is 0 Å². The lowest BCUT2D eigenvalue weighted by molar-refractivity contribution is -0.164. The lowest BCUT2D eigenvalue weighted by atomic mass is 10.3. The van der Waals surface area contributed by atoms with Crippen molar-refractivity contribution in [1.29, 1.82) is 0 Å². The summed E-state index contributed by atoms with van der Waals surface area (Å²) in [6, 6.07) is 0. The van der Waals surface area contributed by atoms with Crippen LogP contribution in [-0.2, 0) is 28.7 Å². The van der Waals surface area contributed by atoms with E-state index in [1.165, 1.54) is 14.1 Å². The number of carbonyl (C=O) groups excluding carboxylic acids is 4. The maximum atomic E-state index is 11.1. The zero-order valence-electron chi connectivity index (χ0n) is 10.3. The first-order valence-electron chi connectivity index (χ1n) is 5.25. The van der Waals surface area contributed by atoms with Crippen LogP contribution in [0.2, 0.25) is 0 Å². The van der Waals surface area contributed by atoms with Crippen LogP contribution in [0.4, 0.5) is 0 Å². The van der Waals surface area contributed by atoms with Crippen molar-refractivity contribution in [1.82, 2.24) is 10.6 Å². The summed E-state index contributed by atoms with van der Waals surface area (Å²) in [6.07, 6.45) is -0.637. The quantitative estimate of drug-likeness (QED) is 0.413. The van der Waals surface area contributed by atoms with Gasteiger partial charge in [0.05, 0.1) is 25.9 Å². The highest BCUT2D eigenvalue weighted by Gasteiger charge is 2.14. The minimum Gasteiger partial charge on any atom is -0.392 e. The molecule has 8 heteroatoms. The monoisotopic (exact) mass is 260 g/mol. The molecule has 0 rings (SSSR count). The van der Waals surface area contributed by atoms with E-state index in [1.54, 1.807) is 0 Å².